The molecule has 4 heteroatoms. The predicted octanol–water partition coefficient (Wildman–Crippen LogP) is 3.18. The van der Waals surface area contributed by atoms with Crippen LogP contribution in [-0.2, 0) is 0 Å². The Morgan fingerprint density at radius 2 is 2.24 bits per heavy atom. The van der Waals surface area contributed by atoms with Crippen LogP contribution in [0.25, 0.3) is 11.0 Å². The minimum absolute atomic E-state index is 0.00201. The van der Waals surface area contributed by atoms with Gasteiger partial charge in [-0.25, -0.2) is 0 Å². The molecule has 0 saturated carbocycles. The van der Waals surface area contributed by atoms with Crippen molar-refractivity contribution in [2.75, 3.05) is 5.88 Å². The number of para-hydroxylation sites is 1. The quantitative estimate of drug-likeness (QED) is 0.848. The topological polar surface area (TPSA) is 42.2 Å². The predicted molar refractivity (Wildman–Crippen MR) is 68.5 cm³/mol. The first kappa shape index (κ1) is 12.0. The van der Waals surface area contributed by atoms with E-state index in [1.54, 1.807) is 0 Å². The van der Waals surface area contributed by atoms with Crippen LogP contribution >= 0.6 is 11.6 Å². The molecule has 3 nitrogen and oxygen atoms in total. The molecule has 1 aromatic heterocycles. The molecule has 1 aromatic carbocycles. The summed E-state index contributed by atoms with van der Waals surface area (Å²) in [6, 6.07) is 7.47. The van der Waals surface area contributed by atoms with Crippen molar-refractivity contribution in [3.05, 3.63) is 36.1 Å². The first-order valence-electron chi connectivity index (χ1n) is 5.59. The number of benzene rings is 1. The van der Waals surface area contributed by atoms with Crippen molar-refractivity contribution in [3.63, 3.8) is 0 Å². The number of carbonyl (C=O) groups excluding carboxylic acids is 1. The third kappa shape index (κ3) is 2.44. The van der Waals surface area contributed by atoms with Crippen LogP contribution in [0.5, 0.6) is 0 Å². The molecule has 17 heavy (non-hydrogen) atoms. The van der Waals surface area contributed by atoms with Gasteiger partial charge in [-0.3, -0.25) is 4.79 Å². The van der Waals surface area contributed by atoms with E-state index in [9.17, 15) is 4.79 Å². The number of amides is 1. The molecule has 0 saturated heterocycles. The van der Waals surface area contributed by atoms with E-state index in [1.165, 1.54) is 6.26 Å². The van der Waals surface area contributed by atoms with E-state index in [1.807, 2.05) is 31.2 Å². The molecule has 1 amide bonds. The Kier molecular flexibility index (Phi) is 3.69. The fraction of sp³-hybridized carbons (Fsp3) is 0.308. The average Bonchev–Trinajstić information content (AvgIpc) is 2.79. The summed E-state index contributed by atoms with van der Waals surface area (Å²) in [5.74, 6) is 0.278. The van der Waals surface area contributed by atoms with Gasteiger partial charge in [0.05, 0.1) is 5.56 Å². The van der Waals surface area contributed by atoms with Crippen LogP contribution in [0, 0.1) is 0 Å². The van der Waals surface area contributed by atoms with Gasteiger partial charge in [-0.2, -0.15) is 0 Å². The van der Waals surface area contributed by atoms with Crippen LogP contribution in [0.1, 0.15) is 23.7 Å². The Hall–Kier alpha value is -1.48. The Bertz CT molecular complexity index is 517. The highest BCUT2D eigenvalue weighted by atomic mass is 35.5. The number of hydrogen-bond donors (Lipinski definition) is 1. The molecule has 0 aliphatic rings. The lowest BCUT2D eigenvalue weighted by molar-refractivity contribution is 0.0940. The standard InChI is InChI=1S/C13H14ClNO2/c1-2-9(7-14)15-13(16)11-8-17-12-6-4-3-5-10(11)12/h3-6,8-9H,2,7H2,1H3,(H,15,16). The van der Waals surface area contributed by atoms with Crippen molar-refractivity contribution in [2.24, 2.45) is 0 Å². The Labute approximate surface area is 105 Å². The molecular formula is C13H14ClNO2. The van der Waals surface area contributed by atoms with E-state index in [0.717, 1.165) is 17.4 Å². The molecule has 1 N–H and O–H groups in total. The number of fused-ring (bicyclic) bond motifs is 1. The zero-order chi connectivity index (χ0) is 12.3. The van der Waals surface area contributed by atoms with Crippen molar-refractivity contribution in [1.82, 2.24) is 5.32 Å². The number of halogens is 1. The monoisotopic (exact) mass is 251 g/mol. The molecular weight excluding hydrogens is 238 g/mol. The second kappa shape index (κ2) is 5.23. The largest absolute Gasteiger partial charge is 0.463 e. The van der Waals surface area contributed by atoms with Gasteiger partial charge in [-0.05, 0) is 12.5 Å². The maximum Gasteiger partial charge on any atom is 0.255 e. The van der Waals surface area contributed by atoms with Crippen molar-refractivity contribution >= 4 is 28.5 Å². The highest BCUT2D eigenvalue weighted by Crippen LogP contribution is 2.20. The lowest BCUT2D eigenvalue weighted by Gasteiger charge is -2.12. The molecule has 0 bridgehead atoms. The first-order chi connectivity index (χ1) is 8.26. The summed E-state index contributed by atoms with van der Waals surface area (Å²) in [5.41, 5.74) is 1.28. The molecule has 1 unspecified atom stereocenters. The molecule has 0 radical (unpaired) electrons. The van der Waals surface area contributed by atoms with Gasteiger partial charge in [0.15, 0.2) is 0 Å². The van der Waals surface area contributed by atoms with Crippen LogP contribution in [0.3, 0.4) is 0 Å². The fourth-order valence-corrected chi connectivity index (χ4v) is 1.96. The van der Waals surface area contributed by atoms with Gasteiger partial charge in [0, 0.05) is 17.3 Å². The molecule has 1 heterocycles. The summed E-state index contributed by atoms with van der Waals surface area (Å²) >= 11 is 5.75. The number of rotatable bonds is 4. The first-order valence-corrected chi connectivity index (χ1v) is 6.12. The zero-order valence-corrected chi connectivity index (χ0v) is 10.3. The van der Waals surface area contributed by atoms with Gasteiger partial charge < -0.3 is 9.73 Å². The Balaban J connectivity index is 2.25. The van der Waals surface area contributed by atoms with E-state index >= 15 is 0 Å². The van der Waals surface area contributed by atoms with Crippen LogP contribution < -0.4 is 5.32 Å². The van der Waals surface area contributed by atoms with Crippen molar-refractivity contribution in [2.45, 2.75) is 19.4 Å². The third-order valence-electron chi connectivity index (χ3n) is 2.74. The van der Waals surface area contributed by atoms with Crippen molar-refractivity contribution < 1.29 is 9.21 Å². The zero-order valence-electron chi connectivity index (χ0n) is 9.57. The molecule has 2 rings (SSSR count). The lowest BCUT2D eigenvalue weighted by Crippen LogP contribution is -2.35. The summed E-state index contributed by atoms with van der Waals surface area (Å²) < 4.78 is 5.33. The minimum Gasteiger partial charge on any atom is -0.463 e. The van der Waals surface area contributed by atoms with Gasteiger partial charge in [-0.15, -0.1) is 11.6 Å². The summed E-state index contributed by atoms with van der Waals surface area (Å²) in [6.45, 7) is 1.99. The van der Waals surface area contributed by atoms with Crippen LogP contribution in [0.4, 0.5) is 0 Å². The van der Waals surface area contributed by atoms with Gasteiger partial charge in [0.25, 0.3) is 5.91 Å². The normalized spacial score (nSPS) is 12.6. The number of nitrogens with one attached hydrogen (secondary N) is 1. The van der Waals surface area contributed by atoms with E-state index in [-0.39, 0.29) is 11.9 Å². The van der Waals surface area contributed by atoms with E-state index in [0.29, 0.717) is 11.4 Å². The second-order valence-corrected chi connectivity index (χ2v) is 4.19. The maximum atomic E-state index is 12.0. The molecule has 0 spiro atoms. The number of hydrogen-bond acceptors (Lipinski definition) is 2. The minimum atomic E-state index is -0.137. The molecule has 1 atom stereocenters. The molecule has 0 aliphatic heterocycles. The van der Waals surface area contributed by atoms with E-state index in [4.69, 9.17) is 16.0 Å². The van der Waals surface area contributed by atoms with Crippen molar-refractivity contribution in [1.29, 1.82) is 0 Å². The van der Waals surface area contributed by atoms with Gasteiger partial charge in [-0.1, -0.05) is 25.1 Å². The summed E-state index contributed by atoms with van der Waals surface area (Å²) in [7, 11) is 0. The van der Waals surface area contributed by atoms with E-state index in [2.05, 4.69) is 5.32 Å². The van der Waals surface area contributed by atoms with Gasteiger partial charge in [0.2, 0.25) is 0 Å². The molecule has 0 aliphatic carbocycles. The highest BCUT2D eigenvalue weighted by Gasteiger charge is 2.15. The average molecular weight is 252 g/mol. The summed E-state index contributed by atoms with van der Waals surface area (Å²) in [6.07, 6.45) is 2.30. The second-order valence-electron chi connectivity index (χ2n) is 3.88. The SMILES string of the molecule is CCC(CCl)NC(=O)c1coc2ccccc12. The molecule has 90 valence electrons. The lowest BCUT2D eigenvalue weighted by atomic mass is 10.1. The van der Waals surface area contributed by atoms with Gasteiger partial charge in [0.1, 0.15) is 11.8 Å². The smallest absolute Gasteiger partial charge is 0.255 e. The van der Waals surface area contributed by atoms with Crippen molar-refractivity contribution in [3.8, 4) is 0 Å². The number of alkyl halides is 1. The number of furan rings is 1. The van der Waals surface area contributed by atoms with Crippen LogP contribution in [-0.4, -0.2) is 17.8 Å². The summed E-state index contributed by atoms with van der Waals surface area (Å²) in [5, 5.41) is 3.71. The maximum absolute atomic E-state index is 12.0. The number of carbonyl (C=O) groups is 1. The molecule has 0 fully saturated rings. The summed E-state index contributed by atoms with van der Waals surface area (Å²) in [4.78, 5) is 12.0. The van der Waals surface area contributed by atoms with Gasteiger partial charge >= 0.3 is 0 Å². The molecule has 2 aromatic rings. The third-order valence-corrected chi connectivity index (χ3v) is 3.11. The Morgan fingerprint density at radius 1 is 1.47 bits per heavy atom. The highest BCUT2D eigenvalue weighted by molar-refractivity contribution is 6.18. The van der Waals surface area contributed by atoms with E-state index < -0.39 is 0 Å². The van der Waals surface area contributed by atoms with Crippen LogP contribution in [0.2, 0.25) is 0 Å². The Morgan fingerprint density at radius 3 is 2.94 bits per heavy atom. The van der Waals surface area contributed by atoms with Crippen LogP contribution in [0.15, 0.2) is 34.9 Å². The fourth-order valence-electron chi connectivity index (χ4n) is 1.67.